The number of benzene rings is 1. The summed E-state index contributed by atoms with van der Waals surface area (Å²) in [7, 11) is 0. The predicted molar refractivity (Wildman–Crippen MR) is 120 cm³/mol. The number of hydrogen-bond donors (Lipinski definition) is 0. The minimum absolute atomic E-state index is 0. The van der Waals surface area contributed by atoms with Crippen LogP contribution in [-0.2, 0) is 0 Å². The maximum absolute atomic E-state index is 4.49. The highest BCUT2D eigenvalue weighted by Gasteiger charge is 2.30. The Morgan fingerprint density at radius 3 is 2.45 bits per heavy atom. The lowest BCUT2D eigenvalue weighted by Crippen LogP contribution is -2.48. The van der Waals surface area contributed by atoms with Gasteiger partial charge in [-0.2, -0.15) is 0 Å². The molecule has 1 unspecified atom stereocenters. The molecule has 2 aliphatic rings. The lowest BCUT2D eigenvalue weighted by molar-refractivity contribution is 0.163. The molecule has 29 heavy (non-hydrogen) atoms. The van der Waals surface area contributed by atoms with Gasteiger partial charge in [0.15, 0.2) is 5.82 Å². The first-order valence-electron chi connectivity index (χ1n) is 11.0. The van der Waals surface area contributed by atoms with Gasteiger partial charge in [-0.15, -0.1) is 17.5 Å². The van der Waals surface area contributed by atoms with Gasteiger partial charge in [0.2, 0.25) is 0 Å². The van der Waals surface area contributed by atoms with Crippen LogP contribution < -0.4 is 4.90 Å². The lowest BCUT2D eigenvalue weighted by atomic mass is 9.95. The van der Waals surface area contributed by atoms with Crippen LogP contribution in [0.3, 0.4) is 0 Å². The highest BCUT2D eigenvalue weighted by molar-refractivity contribution is 5.85. The first kappa shape index (κ1) is 22.0. The number of hydrogen-bond acceptors (Lipinski definition) is 5. The first-order valence-corrected chi connectivity index (χ1v) is 11.0. The Hall–Kier alpha value is -1.66. The fourth-order valence-corrected chi connectivity index (χ4v) is 4.94. The third kappa shape index (κ3) is 4.75. The molecule has 0 bridgehead atoms. The van der Waals surface area contributed by atoms with Gasteiger partial charge in [0.1, 0.15) is 0 Å². The van der Waals surface area contributed by atoms with Crippen molar-refractivity contribution >= 4 is 18.1 Å². The Labute approximate surface area is 181 Å². The van der Waals surface area contributed by atoms with Crippen molar-refractivity contribution in [1.82, 2.24) is 25.1 Å². The number of tetrazole rings is 1. The van der Waals surface area contributed by atoms with E-state index in [1.165, 1.54) is 48.9 Å². The molecule has 1 aliphatic carbocycles. The molecular formula is C22H35ClN6. The van der Waals surface area contributed by atoms with Crippen LogP contribution in [0.25, 0.3) is 0 Å². The number of rotatable bonds is 5. The second kappa shape index (κ2) is 9.90. The third-order valence-electron chi connectivity index (χ3n) is 6.58. The van der Waals surface area contributed by atoms with E-state index in [2.05, 4.69) is 69.0 Å². The van der Waals surface area contributed by atoms with E-state index in [0.29, 0.717) is 12.1 Å². The van der Waals surface area contributed by atoms with Gasteiger partial charge < -0.3 is 4.90 Å². The highest BCUT2D eigenvalue weighted by Crippen LogP contribution is 2.32. The number of anilines is 1. The normalized spacial score (nSPS) is 19.8. The van der Waals surface area contributed by atoms with E-state index < -0.39 is 0 Å². The smallest absolute Gasteiger partial charge is 0.168 e. The van der Waals surface area contributed by atoms with Gasteiger partial charge in [0, 0.05) is 31.9 Å². The molecule has 4 rings (SSSR count). The topological polar surface area (TPSA) is 50.1 Å². The molecule has 0 amide bonds. The number of nitrogens with zero attached hydrogens (tertiary/aromatic N) is 6. The summed E-state index contributed by atoms with van der Waals surface area (Å²) < 4.78 is 2.16. The van der Waals surface area contributed by atoms with Crippen molar-refractivity contribution in [2.75, 3.05) is 31.1 Å². The van der Waals surface area contributed by atoms with Gasteiger partial charge in [0.25, 0.3) is 0 Å². The lowest BCUT2D eigenvalue weighted by Gasteiger charge is -2.40. The summed E-state index contributed by atoms with van der Waals surface area (Å²) in [5, 5.41) is 13.0. The fraction of sp³-hybridized carbons (Fsp3) is 0.682. The first-order chi connectivity index (χ1) is 13.7. The fourth-order valence-electron chi connectivity index (χ4n) is 4.94. The quantitative estimate of drug-likeness (QED) is 0.715. The van der Waals surface area contributed by atoms with Gasteiger partial charge in [-0.1, -0.05) is 38.3 Å². The second-order valence-electron chi connectivity index (χ2n) is 8.51. The van der Waals surface area contributed by atoms with E-state index in [1.807, 2.05) is 0 Å². The number of piperazine rings is 1. The molecule has 0 radical (unpaired) electrons. The minimum Gasteiger partial charge on any atom is -0.369 e. The average molecular weight is 419 g/mol. The molecule has 0 N–H and O–H groups in total. The summed E-state index contributed by atoms with van der Waals surface area (Å²) in [4.78, 5) is 5.13. The molecule has 2 aromatic rings. The Balaban J connectivity index is 0.00000240. The zero-order valence-corrected chi connectivity index (χ0v) is 18.9. The monoisotopic (exact) mass is 418 g/mol. The van der Waals surface area contributed by atoms with Crippen molar-refractivity contribution in [2.45, 2.75) is 71.4 Å². The molecular weight excluding hydrogens is 384 g/mol. The summed E-state index contributed by atoms with van der Waals surface area (Å²) in [6.45, 7) is 10.9. The maximum Gasteiger partial charge on any atom is 0.168 e. The third-order valence-corrected chi connectivity index (χ3v) is 6.58. The minimum atomic E-state index is 0. The van der Waals surface area contributed by atoms with E-state index in [0.717, 1.165) is 38.4 Å². The van der Waals surface area contributed by atoms with Crippen molar-refractivity contribution in [3.05, 3.63) is 35.2 Å². The Bertz CT molecular complexity index is 777. The van der Waals surface area contributed by atoms with Crippen LogP contribution in [0.4, 0.5) is 5.69 Å². The molecule has 1 aromatic heterocycles. The van der Waals surface area contributed by atoms with E-state index in [9.17, 15) is 0 Å². The molecule has 1 aliphatic heterocycles. The van der Waals surface area contributed by atoms with Crippen molar-refractivity contribution in [3.63, 3.8) is 0 Å². The van der Waals surface area contributed by atoms with Crippen molar-refractivity contribution < 1.29 is 0 Å². The number of halogens is 1. The molecule has 6 nitrogen and oxygen atoms in total. The van der Waals surface area contributed by atoms with E-state index in [-0.39, 0.29) is 12.4 Å². The largest absolute Gasteiger partial charge is 0.369 e. The maximum atomic E-state index is 4.49. The number of aryl methyl sites for hydroxylation is 2. The van der Waals surface area contributed by atoms with Crippen LogP contribution in [0.5, 0.6) is 0 Å². The van der Waals surface area contributed by atoms with Gasteiger partial charge >= 0.3 is 0 Å². The van der Waals surface area contributed by atoms with Crippen LogP contribution >= 0.6 is 12.4 Å². The van der Waals surface area contributed by atoms with E-state index >= 15 is 0 Å². The molecule has 1 saturated carbocycles. The van der Waals surface area contributed by atoms with E-state index in [1.54, 1.807) is 0 Å². The van der Waals surface area contributed by atoms with Crippen molar-refractivity contribution in [2.24, 2.45) is 0 Å². The Morgan fingerprint density at radius 2 is 1.76 bits per heavy atom. The molecule has 1 atom stereocenters. The average Bonchev–Trinajstić information content (AvgIpc) is 3.21. The second-order valence-corrected chi connectivity index (χ2v) is 8.51. The summed E-state index contributed by atoms with van der Waals surface area (Å²) >= 11 is 0. The standard InChI is InChI=1S/C22H34N6.ClH/c1-4-20(22-23-24-25-28(22)19-8-6-5-7-9-19)26-12-14-27(15-13-26)21-16-17(2)10-11-18(21)3;/h10-11,16,19-20H,4-9,12-15H2,1-3H3;1H. The van der Waals surface area contributed by atoms with Crippen LogP contribution in [0.1, 0.15) is 74.5 Å². The predicted octanol–water partition coefficient (Wildman–Crippen LogP) is 4.49. The number of aromatic nitrogens is 4. The van der Waals surface area contributed by atoms with Crippen LogP contribution in [0, 0.1) is 13.8 Å². The van der Waals surface area contributed by atoms with E-state index in [4.69, 9.17) is 0 Å². The van der Waals surface area contributed by atoms with Crippen LogP contribution in [0.2, 0.25) is 0 Å². The summed E-state index contributed by atoms with van der Waals surface area (Å²) in [5.41, 5.74) is 4.09. The molecule has 2 fully saturated rings. The molecule has 0 spiro atoms. The van der Waals surface area contributed by atoms with Gasteiger partial charge in [-0.3, -0.25) is 4.90 Å². The zero-order chi connectivity index (χ0) is 19.5. The summed E-state index contributed by atoms with van der Waals surface area (Å²) in [5.74, 6) is 1.08. The van der Waals surface area contributed by atoms with Gasteiger partial charge in [-0.05, 0) is 60.7 Å². The molecule has 1 saturated heterocycles. The van der Waals surface area contributed by atoms with Crippen molar-refractivity contribution in [3.8, 4) is 0 Å². The summed E-state index contributed by atoms with van der Waals surface area (Å²) in [6.07, 6.45) is 7.44. The zero-order valence-electron chi connectivity index (χ0n) is 18.0. The Kier molecular flexibility index (Phi) is 7.52. The van der Waals surface area contributed by atoms with Gasteiger partial charge in [0.05, 0.1) is 12.1 Å². The Morgan fingerprint density at radius 1 is 1.03 bits per heavy atom. The molecule has 7 heteroatoms. The summed E-state index contributed by atoms with van der Waals surface area (Å²) in [6, 6.07) is 7.57. The molecule has 2 heterocycles. The molecule has 1 aromatic carbocycles. The molecule has 160 valence electrons. The van der Waals surface area contributed by atoms with Crippen LogP contribution in [0.15, 0.2) is 18.2 Å². The van der Waals surface area contributed by atoms with Crippen LogP contribution in [-0.4, -0.2) is 51.3 Å². The SMILES string of the molecule is CCC(c1nnnn1C1CCCCC1)N1CCN(c2cc(C)ccc2C)CC1.Cl. The highest BCUT2D eigenvalue weighted by atomic mass is 35.5. The van der Waals surface area contributed by atoms with Gasteiger partial charge in [-0.25, -0.2) is 4.68 Å². The van der Waals surface area contributed by atoms with Crippen molar-refractivity contribution in [1.29, 1.82) is 0 Å².